The van der Waals surface area contributed by atoms with Crippen LogP contribution in [-0.2, 0) is 11.2 Å². The number of ether oxygens (including phenoxy) is 1. The van der Waals surface area contributed by atoms with Crippen LogP contribution in [0.4, 0.5) is 5.69 Å². The van der Waals surface area contributed by atoms with E-state index in [1.54, 1.807) is 12.3 Å². The first-order valence-electron chi connectivity index (χ1n) is 11.3. The highest BCUT2D eigenvalue weighted by Crippen LogP contribution is 2.25. The molecule has 4 aromatic rings. The lowest BCUT2D eigenvalue weighted by molar-refractivity contribution is 0.0601. The summed E-state index contributed by atoms with van der Waals surface area (Å²) in [6.07, 6.45) is 7.13. The van der Waals surface area contributed by atoms with Gasteiger partial charge in [-0.2, -0.15) is 0 Å². The molecule has 6 nitrogen and oxygen atoms in total. The molecule has 1 aliphatic heterocycles. The number of carbonyl (C=O) groups is 1. The van der Waals surface area contributed by atoms with Crippen molar-refractivity contribution in [3.8, 4) is 0 Å². The largest absolute Gasteiger partial charge is 0.465 e. The maximum absolute atomic E-state index is 11.8. The van der Waals surface area contributed by atoms with E-state index >= 15 is 0 Å². The minimum absolute atomic E-state index is 0.289. The van der Waals surface area contributed by atoms with Crippen molar-refractivity contribution >= 4 is 33.5 Å². The number of anilines is 1. The van der Waals surface area contributed by atoms with Gasteiger partial charge < -0.3 is 19.0 Å². The number of H-pyrrole nitrogens is 1. The van der Waals surface area contributed by atoms with E-state index in [4.69, 9.17) is 9.15 Å². The number of benzene rings is 2. The molecule has 1 saturated heterocycles. The van der Waals surface area contributed by atoms with Gasteiger partial charge in [-0.25, -0.2) is 4.79 Å². The van der Waals surface area contributed by atoms with Crippen LogP contribution in [-0.4, -0.2) is 55.7 Å². The van der Waals surface area contributed by atoms with E-state index < -0.39 is 0 Å². The molecule has 0 saturated carbocycles. The van der Waals surface area contributed by atoms with E-state index in [-0.39, 0.29) is 5.97 Å². The molecule has 0 unspecified atom stereocenters. The molecule has 2 aromatic heterocycles. The molecule has 0 bridgehead atoms. The topological polar surface area (TPSA) is 61.7 Å². The Kier molecular flexibility index (Phi) is 5.86. The second-order valence-electron chi connectivity index (χ2n) is 8.49. The van der Waals surface area contributed by atoms with Crippen LogP contribution in [0.15, 0.2) is 59.3 Å². The summed E-state index contributed by atoms with van der Waals surface area (Å²) in [4.78, 5) is 20.2. The number of rotatable bonds is 7. The summed E-state index contributed by atoms with van der Waals surface area (Å²) in [6.45, 7) is 5.44. The molecule has 3 heterocycles. The van der Waals surface area contributed by atoms with Crippen LogP contribution in [0.3, 0.4) is 0 Å². The lowest BCUT2D eigenvalue weighted by atomic mass is 10.0. The van der Waals surface area contributed by atoms with Gasteiger partial charge in [0.2, 0.25) is 0 Å². The monoisotopic (exact) mass is 431 g/mol. The van der Waals surface area contributed by atoms with Gasteiger partial charge in [0.1, 0.15) is 5.58 Å². The van der Waals surface area contributed by atoms with Crippen LogP contribution < -0.4 is 4.90 Å². The predicted octanol–water partition coefficient (Wildman–Crippen LogP) is 4.85. The fraction of sp³-hybridized carbons (Fsp3) is 0.346. The number of unbranched alkanes of at least 4 members (excludes halogenated alkanes) is 1. The Hall–Kier alpha value is -3.25. The third kappa shape index (κ3) is 4.23. The summed E-state index contributed by atoms with van der Waals surface area (Å²) in [5, 5.41) is 2.29. The fourth-order valence-electron chi connectivity index (χ4n) is 4.66. The molecule has 0 atom stereocenters. The Balaban J connectivity index is 1.10. The molecular weight excluding hydrogens is 402 g/mol. The number of methoxy groups -OCH3 is 1. The molecule has 1 N–H and O–H groups in total. The molecule has 0 aliphatic carbocycles. The summed E-state index contributed by atoms with van der Waals surface area (Å²) in [6, 6.07) is 14.2. The fourth-order valence-corrected chi connectivity index (χ4v) is 4.66. The minimum Gasteiger partial charge on any atom is -0.465 e. The van der Waals surface area contributed by atoms with E-state index in [1.807, 2.05) is 18.2 Å². The number of aryl methyl sites for hydroxylation is 1. The first-order chi connectivity index (χ1) is 15.7. The van der Waals surface area contributed by atoms with Crippen molar-refractivity contribution in [3.63, 3.8) is 0 Å². The van der Waals surface area contributed by atoms with Gasteiger partial charge in [-0.1, -0.05) is 0 Å². The summed E-state index contributed by atoms with van der Waals surface area (Å²) in [5.41, 5.74) is 5.17. The second-order valence-corrected chi connectivity index (χ2v) is 8.49. The van der Waals surface area contributed by atoms with Crippen molar-refractivity contribution in [2.45, 2.75) is 19.3 Å². The van der Waals surface area contributed by atoms with E-state index in [0.29, 0.717) is 5.56 Å². The minimum atomic E-state index is -0.289. The lowest BCUT2D eigenvalue weighted by Gasteiger charge is -2.36. The van der Waals surface area contributed by atoms with Gasteiger partial charge in [-0.15, -0.1) is 0 Å². The number of aromatic amines is 1. The molecule has 0 spiro atoms. The maximum Gasteiger partial charge on any atom is 0.337 e. The molecule has 1 aliphatic rings. The zero-order valence-corrected chi connectivity index (χ0v) is 18.5. The van der Waals surface area contributed by atoms with Gasteiger partial charge in [-0.05, 0) is 73.8 Å². The van der Waals surface area contributed by atoms with Crippen LogP contribution in [0.25, 0.3) is 21.9 Å². The average molecular weight is 432 g/mol. The van der Waals surface area contributed by atoms with E-state index in [0.717, 1.165) is 62.1 Å². The molecule has 2 aromatic carbocycles. The SMILES string of the molecule is COC(=O)c1ccc2[nH]cc(CCCCN3CCN(c4ccc5occc5c4)CC3)c2c1. The zero-order chi connectivity index (χ0) is 21.9. The average Bonchev–Trinajstić information content (AvgIpc) is 3.47. The predicted molar refractivity (Wildman–Crippen MR) is 127 cm³/mol. The van der Waals surface area contributed by atoms with Gasteiger partial charge in [0.15, 0.2) is 0 Å². The number of nitrogens with zero attached hydrogens (tertiary/aromatic N) is 2. The van der Waals surface area contributed by atoms with Crippen molar-refractivity contribution in [1.29, 1.82) is 0 Å². The molecule has 1 fully saturated rings. The molecule has 0 radical (unpaired) electrons. The Morgan fingerprint density at radius 2 is 1.94 bits per heavy atom. The van der Waals surface area contributed by atoms with E-state index in [1.165, 1.54) is 30.2 Å². The summed E-state index contributed by atoms with van der Waals surface area (Å²) in [7, 11) is 1.42. The van der Waals surface area contributed by atoms with Crippen molar-refractivity contribution in [2.75, 3.05) is 44.7 Å². The first kappa shape index (κ1) is 20.6. The van der Waals surface area contributed by atoms with Crippen molar-refractivity contribution in [2.24, 2.45) is 0 Å². The smallest absolute Gasteiger partial charge is 0.337 e. The number of aromatic nitrogens is 1. The number of carbonyl (C=O) groups excluding carboxylic acids is 1. The number of piperazine rings is 1. The highest BCUT2D eigenvalue weighted by Gasteiger charge is 2.17. The van der Waals surface area contributed by atoms with Crippen LogP contribution in [0, 0.1) is 0 Å². The summed E-state index contributed by atoms with van der Waals surface area (Å²) >= 11 is 0. The Labute approximate surface area is 187 Å². The van der Waals surface area contributed by atoms with Crippen LogP contribution in [0.5, 0.6) is 0 Å². The summed E-state index contributed by atoms with van der Waals surface area (Å²) in [5.74, 6) is -0.289. The van der Waals surface area contributed by atoms with E-state index in [2.05, 4.69) is 39.2 Å². The first-order valence-corrected chi connectivity index (χ1v) is 11.3. The van der Waals surface area contributed by atoms with E-state index in [9.17, 15) is 4.79 Å². The Morgan fingerprint density at radius 3 is 2.78 bits per heavy atom. The Bertz CT molecular complexity index is 1220. The Morgan fingerprint density at radius 1 is 1.06 bits per heavy atom. The zero-order valence-electron chi connectivity index (χ0n) is 18.5. The van der Waals surface area contributed by atoms with Gasteiger partial charge in [-0.3, -0.25) is 4.90 Å². The normalized spacial score (nSPS) is 15.0. The molecule has 0 amide bonds. The van der Waals surface area contributed by atoms with Crippen LogP contribution >= 0.6 is 0 Å². The number of furan rings is 1. The third-order valence-electron chi connectivity index (χ3n) is 6.53. The van der Waals surface area contributed by atoms with Gasteiger partial charge in [0.05, 0.1) is 18.9 Å². The van der Waals surface area contributed by atoms with Crippen molar-refractivity contribution in [1.82, 2.24) is 9.88 Å². The summed E-state index contributed by atoms with van der Waals surface area (Å²) < 4.78 is 10.3. The van der Waals surface area contributed by atoms with Gasteiger partial charge >= 0.3 is 5.97 Å². The third-order valence-corrected chi connectivity index (χ3v) is 6.53. The highest BCUT2D eigenvalue weighted by atomic mass is 16.5. The van der Waals surface area contributed by atoms with Gasteiger partial charge in [0, 0.05) is 54.4 Å². The number of hydrogen-bond acceptors (Lipinski definition) is 5. The maximum atomic E-state index is 11.8. The molecule has 32 heavy (non-hydrogen) atoms. The lowest BCUT2D eigenvalue weighted by Crippen LogP contribution is -2.46. The van der Waals surface area contributed by atoms with Gasteiger partial charge in [0.25, 0.3) is 0 Å². The van der Waals surface area contributed by atoms with Crippen LogP contribution in [0.1, 0.15) is 28.8 Å². The van der Waals surface area contributed by atoms with Crippen molar-refractivity contribution < 1.29 is 13.9 Å². The number of esters is 1. The molecule has 6 heteroatoms. The number of hydrogen-bond donors (Lipinski definition) is 1. The second kappa shape index (κ2) is 9.09. The van der Waals surface area contributed by atoms with Crippen molar-refractivity contribution in [3.05, 3.63) is 66.1 Å². The number of fused-ring (bicyclic) bond motifs is 2. The van der Waals surface area contributed by atoms with Crippen LogP contribution in [0.2, 0.25) is 0 Å². The highest BCUT2D eigenvalue weighted by molar-refractivity contribution is 5.95. The molecule has 166 valence electrons. The standard InChI is InChI=1S/C26H29N3O3/c1-31-26(30)20-5-7-24-23(17-20)21(18-27-24)4-2-3-10-28-11-13-29(14-12-28)22-6-8-25-19(16-22)9-15-32-25/h5-9,15-18,27H,2-4,10-14H2,1H3. The molecule has 5 rings (SSSR count). The quantitative estimate of drug-likeness (QED) is 0.335. The number of nitrogens with one attached hydrogen (secondary N) is 1. The molecular formula is C26H29N3O3.